The van der Waals surface area contributed by atoms with Gasteiger partial charge in [0.2, 0.25) is 0 Å². The number of ether oxygens (including phenoxy) is 1. The minimum atomic E-state index is -0.0778. The van der Waals surface area contributed by atoms with Gasteiger partial charge in [0.25, 0.3) is 5.91 Å². The monoisotopic (exact) mass is 419 g/mol. The lowest BCUT2D eigenvalue weighted by Gasteiger charge is -2.09. The third kappa shape index (κ3) is 3.96. The van der Waals surface area contributed by atoms with Crippen LogP contribution < -0.4 is 10.1 Å². The smallest absolute Gasteiger partial charge is 0.276 e. The van der Waals surface area contributed by atoms with Gasteiger partial charge < -0.3 is 14.6 Å². The number of benzene rings is 2. The van der Waals surface area contributed by atoms with Crippen LogP contribution in [0.2, 0.25) is 0 Å². The molecule has 1 saturated heterocycles. The molecule has 2 heterocycles. The minimum Gasteiger partial charge on any atom is -0.493 e. The number of amides is 1. The van der Waals surface area contributed by atoms with Gasteiger partial charge in [0.1, 0.15) is 11.4 Å². The van der Waals surface area contributed by atoms with E-state index < -0.39 is 0 Å². The van der Waals surface area contributed by atoms with Gasteiger partial charge in [-0.25, -0.2) is 0 Å². The first-order valence-corrected chi connectivity index (χ1v) is 10.6. The zero-order valence-electron chi connectivity index (χ0n) is 17.2. The molecule has 30 heavy (non-hydrogen) atoms. The number of rotatable bonds is 7. The number of fused-ring (bicyclic) bond motifs is 1. The molecule has 0 aliphatic carbocycles. The lowest BCUT2D eigenvalue weighted by Crippen LogP contribution is -2.30. The number of nitrogens with one attached hydrogen (secondary N) is 1. The van der Waals surface area contributed by atoms with Crippen LogP contribution in [-0.4, -0.2) is 33.6 Å². The molecule has 1 aromatic heterocycles. The van der Waals surface area contributed by atoms with Gasteiger partial charge in [-0.3, -0.25) is 9.69 Å². The second-order valence-corrected chi connectivity index (χ2v) is 7.69. The Labute approximate surface area is 181 Å². The molecule has 2 aromatic carbocycles. The predicted octanol–water partition coefficient (Wildman–Crippen LogP) is 4.50. The summed E-state index contributed by atoms with van der Waals surface area (Å²) in [6.07, 6.45) is 4.87. The summed E-state index contributed by atoms with van der Waals surface area (Å²) in [6.45, 7) is 6.01. The van der Waals surface area contributed by atoms with E-state index in [-0.39, 0.29) is 5.91 Å². The van der Waals surface area contributed by atoms with E-state index in [1.807, 2.05) is 43.3 Å². The third-order valence-corrected chi connectivity index (χ3v) is 5.61. The topological polar surface area (TPSA) is 46.5 Å². The van der Waals surface area contributed by atoms with Crippen molar-refractivity contribution in [2.45, 2.75) is 26.8 Å². The quantitative estimate of drug-likeness (QED) is 0.348. The summed E-state index contributed by atoms with van der Waals surface area (Å²) >= 11 is 5.27. The van der Waals surface area contributed by atoms with Crippen molar-refractivity contribution in [2.75, 3.05) is 13.2 Å². The molecule has 154 valence electrons. The highest BCUT2D eigenvalue weighted by Crippen LogP contribution is 2.25. The van der Waals surface area contributed by atoms with Gasteiger partial charge in [-0.05, 0) is 56.3 Å². The van der Waals surface area contributed by atoms with Crippen molar-refractivity contribution in [3.63, 3.8) is 0 Å². The van der Waals surface area contributed by atoms with Crippen molar-refractivity contribution in [3.8, 4) is 5.75 Å². The number of thiocarbonyl (C=S) groups is 1. The van der Waals surface area contributed by atoms with Crippen LogP contribution in [0.3, 0.4) is 0 Å². The maximum absolute atomic E-state index is 12.6. The molecule has 4 rings (SSSR count). The molecule has 1 aliphatic heterocycles. The van der Waals surface area contributed by atoms with Crippen molar-refractivity contribution in [2.24, 2.45) is 0 Å². The highest BCUT2D eigenvalue weighted by Gasteiger charge is 2.29. The molecule has 0 spiro atoms. The third-order valence-electron chi connectivity index (χ3n) is 5.29. The Hall–Kier alpha value is -3.12. The van der Waals surface area contributed by atoms with Crippen molar-refractivity contribution < 1.29 is 9.53 Å². The maximum Gasteiger partial charge on any atom is 0.276 e. The molecule has 0 saturated carbocycles. The van der Waals surface area contributed by atoms with Gasteiger partial charge in [0, 0.05) is 35.8 Å². The lowest BCUT2D eigenvalue weighted by atomic mass is 10.1. The number of nitrogens with zero attached hydrogens (tertiary/aromatic N) is 2. The molecule has 0 radical (unpaired) electrons. The van der Waals surface area contributed by atoms with Crippen LogP contribution in [0.15, 0.2) is 60.4 Å². The van der Waals surface area contributed by atoms with E-state index in [0.717, 1.165) is 40.7 Å². The molecular weight excluding hydrogens is 394 g/mol. The number of para-hydroxylation sites is 2. The number of hydrogen-bond donors (Lipinski definition) is 1. The molecular formula is C24H25N3O2S. The molecule has 1 aliphatic rings. The fourth-order valence-electron chi connectivity index (χ4n) is 3.72. The van der Waals surface area contributed by atoms with Crippen LogP contribution in [0.5, 0.6) is 5.75 Å². The Morgan fingerprint density at radius 1 is 1.13 bits per heavy atom. The number of aromatic nitrogens is 1. The first kappa shape index (κ1) is 20.2. The molecule has 6 heteroatoms. The van der Waals surface area contributed by atoms with Crippen LogP contribution in [0.25, 0.3) is 17.0 Å². The second kappa shape index (κ2) is 8.71. The zero-order valence-corrected chi connectivity index (χ0v) is 18.0. The van der Waals surface area contributed by atoms with Crippen LogP contribution in [-0.2, 0) is 11.3 Å². The summed E-state index contributed by atoms with van der Waals surface area (Å²) in [4.78, 5) is 14.1. The van der Waals surface area contributed by atoms with E-state index in [2.05, 4.69) is 41.2 Å². The standard InChI is InChI=1S/C24H25N3O2S/c1-3-27-23(28)20(25-24(27)30)15-18-16-26(21-11-6-5-10-19(18)21)13-8-14-29-22-12-7-4-9-17(22)2/h4-7,9-12,15-16H,3,8,13-14H2,1-2H3,(H,25,30)/b20-15-. The molecule has 0 unspecified atom stereocenters. The van der Waals surface area contributed by atoms with E-state index >= 15 is 0 Å². The molecule has 5 nitrogen and oxygen atoms in total. The van der Waals surface area contributed by atoms with Crippen LogP contribution in [0, 0.1) is 6.92 Å². The summed E-state index contributed by atoms with van der Waals surface area (Å²) in [5.74, 6) is 0.855. The van der Waals surface area contributed by atoms with Gasteiger partial charge >= 0.3 is 0 Å². The molecule has 1 fully saturated rings. The van der Waals surface area contributed by atoms with Gasteiger partial charge in [0.05, 0.1) is 6.61 Å². The Bertz CT molecular complexity index is 1130. The zero-order chi connectivity index (χ0) is 21.1. The fraction of sp³-hybridized carbons (Fsp3) is 0.250. The van der Waals surface area contributed by atoms with Crippen LogP contribution in [0.1, 0.15) is 24.5 Å². The first-order chi connectivity index (χ1) is 14.6. The number of hydrogen-bond acceptors (Lipinski definition) is 3. The number of likely N-dealkylation sites (N-methyl/N-ethyl adjacent to an activating group) is 1. The van der Waals surface area contributed by atoms with E-state index in [9.17, 15) is 4.79 Å². The van der Waals surface area contributed by atoms with Gasteiger partial charge in [-0.2, -0.15) is 0 Å². The van der Waals surface area contributed by atoms with E-state index in [1.54, 1.807) is 4.90 Å². The fourth-order valence-corrected chi connectivity index (χ4v) is 4.05. The molecule has 1 amide bonds. The molecule has 0 bridgehead atoms. The molecule has 0 atom stereocenters. The number of carbonyl (C=O) groups excluding carboxylic acids is 1. The summed E-state index contributed by atoms with van der Waals surface area (Å²) < 4.78 is 8.16. The average Bonchev–Trinajstić information content (AvgIpc) is 3.23. The minimum absolute atomic E-state index is 0.0778. The summed E-state index contributed by atoms with van der Waals surface area (Å²) in [5.41, 5.74) is 3.81. The molecule has 1 N–H and O–H groups in total. The Morgan fingerprint density at radius 3 is 2.67 bits per heavy atom. The Kier molecular flexibility index (Phi) is 5.86. The lowest BCUT2D eigenvalue weighted by molar-refractivity contribution is -0.122. The van der Waals surface area contributed by atoms with E-state index in [0.29, 0.717) is 24.0 Å². The average molecular weight is 420 g/mol. The summed E-state index contributed by atoms with van der Waals surface area (Å²) in [7, 11) is 0. The largest absolute Gasteiger partial charge is 0.493 e. The number of aryl methyl sites for hydroxylation is 2. The number of carbonyl (C=O) groups is 1. The predicted molar refractivity (Wildman–Crippen MR) is 124 cm³/mol. The Balaban J connectivity index is 1.51. The summed E-state index contributed by atoms with van der Waals surface area (Å²) in [5, 5.41) is 4.62. The normalized spacial score (nSPS) is 15.3. The SMILES string of the molecule is CCN1C(=O)/C(=C/c2cn(CCCOc3ccccc3C)c3ccccc23)NC1=S. The highest BCUT2D eigenvalue weighted by atomic mass is 32.1. The van der Waals surface area contributed by atoms with Crippen molar-refractivity contribution in [1.82, 2.24) is 14.8 Å². The maximum atomic E-state index is 12.6. The molecule has 3 aromatic rings. The van der Waals surface area contributed by atoms with Gasteiger partial charge in [-0.1, -0.05) is 36.4 Å². The van der Waals surface area contributed by atoms with Crippen molar-refractivity contribution in [3.05, 3.63) is 71.6 Å². The van der Waals surface area contributed by atoms with Crippen molar-refractivity contribution in [1.29, 1.82) is 0 Å². The summed E-state index contributed by atoms with van der Waals surface area (Å²) in [6, 6.07) is 16.3. The van der Waals surface area contributed by atoms with E-state index in [1.165, 1.54) is 0 Å². The van der Waals surface area contributed by atoms with Crippen molar-refractivity contribution >= 4 is 40.2 Å². The van der Waals surface area contributed by atoms with E-state index in [4.69, 9.17) is 17.0 Å². The second-order valence-electron chi connectivity index (χ2n) is 7.30. The van der Waals surface area contributed by atoms with Gasteiger partial charge in [-0.15, -0.1) is 0 Å². The Morgan fingerprint density at radius 2 is 1.90 bits per heavy atom. The van der Waals surface area contributed by atoms with Crippen LogP contribution >= 0.6 is 12.2 Å². The first-order valence-electron chi connectivity index (χ1n) is 10.2. The van der Waals surface area contributed by atoms with Crippen LogP contribution in [0.4, 0.5) is 0 Å². The highest BCUT2D eigenvalue weighted by molar-refractivity contribution is 7.80. The van der Waals surface area contributed by atoms with Gasteiger partial charge in [0.15, 0.2) is 5.11 Å².